The average molecular weight is 477 g/mol. The number of likely N-dealkylation sites (tertiary alicyclic amines) is 1. The van der Waals surface area contributed by atoms with Crippen LogP contribution in [0.1, 0.15) is 36.6 Å². The lowest BCUT2D eigenvalue weighted by atomic mass is 9.95. The second-order valence-electron chi connectivity index (χ2n) is 8.40. The van der Waals surface area contributed by atoms with Gasteiger partial charge in [-0.15, -0.1) is 0 Å². The number of carbonyl (C=O) groups is 2. The van der Waals surface area contributed by atoms with Gasteiger partial charge < -0.3 is 4.98 Å². The third kappa shape index (κ3) is 4.00. The van der Waals surface area contributed by atoms with E-state index < -0.39 is 34.6 Å². The number of H-pyrrole nitrogens is 1. The van der Waals surface area contributed by atoms with Gasteiger partial charge in [-0.2, -0.15) is 13.2 Å². The van der Waals surface area contributed by atoms with Gasteiger partial charge in [-0.05, 0) is 56.3 Å². The van der Waals surface area contributed by atoms with Crippen molar-refractivity contribution in [3.8, 4) is 0 Å². The number of benzene rings is 2. The van der Waals surface area contributed by atoms with Crippen LogP contribution in [0.4, 0.5) is 18.9 Å². The second kappa shape index (κ2) is 8.14. The minimum absolute atomic E-state index is 0.0574. The van der Waals surface area contributed by atoms with Crippen molar-refractivity contribution in [3.05, 3.63) is 58.9 Å². The summed E-state index contributed by atoms with van der Waals surface area (Å²) < 4.78 is 39.7. The third-order valence-corrected chi connectivity index (χ3v) is 6.73. The summed E-state index contributed by atoms with van der Waals surface area (Å²) >= 11 is 5.68. The van der Waals surface area contributed by atoms with Crippen molar-refractivity contribution < 1.29 is 22.8 Å². The maximum Gasteiger partial charge on any atom is 0.417 e. The highest BCUT2D eigenvalue weighted by molar-refractivity contribution is 6.31. The molecule has 1 N–H and O–H groups in total. The van der Waals surface area contributed by atoms with Crippen molar-refractivity contribution in [2.75, 3.05) is 18.0 Å². The molecule has 3 aromatic rings. The Kier molecular flexibility index (Phi) is 5.41. The van der Waals surface area contributed by atoms with Crippen LogP contribution in [0, 0.1) is 0 Å². The summed E-state index contributed by atoms with van der Waals surface area (Å²) in [5.74, 6) is 0.104. The molecule has 172 valence electrons. The number of aromatic nitrogens is 2. The number of para-hydroxylation sites is 2. The second-order valence-corrected chi connectivity index (χ2v) is 8.81. The van der Waals surface area contributed by atoms with E-state index in [9.17, 15) is 22.8 Å². The predicted molar refractivity (Wildman–Crippen MR) is 117 cm³/mol. The first kappa shape index (κ1) is 21.9. The lowest BCUT2D eigenvalue weighted by Crippen LogP contribution is -2.45. The number of amides is 2. The Morgan fingerprint density at radius 2 is 1.79 bits per heavy atom. The minimum Gasteiger partial charge on any atom is -0.342 e. The summed E-state index contributed by atoms with van der Waals surface area (Å²) in [7, 11) is 0. The smallest absolute Gasteiger partial charge is 0.342 e. The molecule has 1 aromatic heterocycles. The molecule has 6 nitrogen and oxygen atoms in total. The average Bonchev–Trinajstić information content (AvgIpc) is 3.34. The molecule has 10 heteroatoms. The summed E-state index contributed by atoms with van der Waals surface area (Å²) in [6.45, 7) is 1.18. The fourth-order valence-corrected chi connectivity index (χ4v) is 4.92. The standard InChI is InChI=1S/C23H20ClF3N4O2/c24-16-6-5-14(11-15(16)23(25,26)27)31-20(32)12-19(22(31)33)30-9-7-13(8-10-30)21-28-17-3-1-2-4-18(17)29-21/h1-6,11,13,19H,7-10,12H2,(H,28,29)/t19-/m1/s1. The molecular weight excluding hydrogens is 457 g/mol. The number of nitrogens with one attached hydrogen (secondary N) is 1. The van der Waals surface area contributed by atoms with Crippen molar-refractivity contribution >= 4 is 40.1 Å². The number of piperidine rings is 1. The molecule has 2 fully saturated rings. The van der Waals surface area contributed by atoms with Crippen LogP contribution in [0.5, 0.6) is 0 Å². The predicted octanol–water partition coefficient (Wildman–Crippen LogP) is 4.75. The van der Waals surface area contributed by atoms with Crippen molar-refractivity contribution in [2.24, 2.45) is 0 Å². The number of imide groups is 1. The molecule has 5 rings (SSSR count). The molecular formula is C23H20ClF3N4O2. The fraction of sp³-hybridized carbons (Fsp3) is 0.348. The normalized spacial score (nSPS) is 20.8. The Balaban J connectivity index is 1.30. The summed E-state index contributed by atoms with van der Waals surface area (Å²) in [6.07, 6.45) is -3.22. The van der Waals surface area contributed by atoms with Gasteiger partial charge in [0.05, 0.1) is 39.8 Å². The van der Waals surface area contributed by atoms with Crippen LogP contribution >= 0.6 is 11.6 Å². The van der Waals surface area contributed by atoms with Crippen LogP contribution in [0.3, 0.4) is 0 Å². The van der Waals surface area contributed by atoms with E-state index in [0.29, 0.717) is 13.1 Å². The zero-order valence-electron chi connectivity index (χ0n) is 17.4. The molecule has 0 spiro atoms. The Morgan fingerprint density at radius 3 is 2.48 bits per heavy atom. The Labute approximate surface area is 192 Å². The molecule has 1 atom stereocenters. The molecule has 2 aliphatic heterocycles. The molecule has 0 radical (unpaired) electrons. The maximum absolute atomic E-state index is 13.2. The van der Waals surface area contributed by atoms with Crippen LogP contribution in [0.15, 0.2) is 42.5 Å². The van der Waals surface area contributed by atoms with E-state index in [1.807, 2.05) is 29.2 Å². The summed E-state index contributed by atoms with van der Waals surface area (Å²) in [6, 6.07) is 10.2. The monoisotopic (exact) mass is 476 g/mol. The molecule has 3 heterocycles. The number of nitrogens with zero attached hydrogens (tertiary/aromatic N) is 3. The number of halogens is 4. The van der Waals surface area contributed by atoms with Crippen LogP contribution < -0.4 is 4.90 Å². The number of hydrogen-bond acceptors (Lipinski definition) is 4. The number of aromatic amines is 1. The molecule has 2 amide bonds. The van der Waals surface area contributed by atoms with Gasteiger partial charge in [-0.3, -0.25) is 14.5 Å². The van der Waals surface area contributed by atoms with E-state index in [-0.39, 0.29) is 18.0 Å². The lowest BCUT2D eigenvalue weighted by Gasteiger charge is -2.34. The Morgan fingerprint density at radius 1 is 1.06 bits per heavy atom. The summed E-state index contributed by atoms with van der Waals surface area (Å²) in [5.41, 5.74) is 0.699. The van der Waals surface area contributed by atoms with Crippen molar-refractivity contribution in [1.29, 1.82) is 0 Å². The van der Waals surface area contributed by atoms with E-state index in [2.05, 4.69) is 9.97 Å². The van der Waals surface area contributed by atoms with Crippen molar-refractivity contribution in [2.45, 2.75) is 37.4 Å². The van der Waals surface area contributed by atoms with Crippen molar-refractivity contribution in [1.82, 2.24) is 14.9 Å². The maximum atomic E-state index is 13.2. The zero-order valence-corrected chi connectivity index (χ0v) is 18.2. The van der Waals surface area contributed by atoms with E-state index >= 15 is 0 Å². The highest BCUT2D eigenvalue weighted by atomic mass is 35.5. The Bertz CT molecular complexity index is 1200. The number of hydrogen-bond donors (Lipinski definition) is 1. The summed E-state index contributed by atoms with van der Waals surface area (Å²) in [5, 5.41) is -0.477. The van der Waals surface area contributed by atoms with E-state index in [1.165, 1.54) is 6.07 Å². The molecule has 0 saturated carbocycles. The van der Waals surface area contributed by atoms with E-state index in [0.717, 1.165) is 46.7 Å². The number of anilines is 1. The molecule has 0 aliphatic carbocycles. The number of alkyl halides is 3. The van der Waals surface area contributed by atoms with Crippen LogP contribution in [0.25, 0.3) is 11.0 Å². The molecule has 2 aromatic carbocycles. The van der Waals surface area contributed by atoms with Crippen LogP contribution in [-0.2, 0) is 15.8 Å². The summed E-state index contributed by atoms with van der Waals surface area (Å²) in [4.78, 5) is 36.5. The molecule has 0 bridgehead atoms. The van der Waals surface area contributed by atoms with Crippen LogP contribution in [-0.4, -0.2) is 45.8 Å². The first-order valence-corrected chi connectivity index (χ1v) is 11.0. The molecule has 2 saturated heterocycles. The largest absolute Gasteiger partial charge is 0.417 e. The number of imidazole rings is 1. The fourth-order valence-electron chi connectivity index (χ4n) is 4.69. The number of rotatable bonds is 3. The number of fused-ring (bicyclic) bond motifs is 1. The van der Waals surface area contributed by atoms with E-state index in [4.69, 9.17) is 11.6 Å². The zero-order chi connectivity index (χ0) is 23.3. The highest BCUT2D eigenvalue weighted by Gasteiger charge is 2.44. The Hall–Kier alpha value is -2.91. The van der Waals surface area contributed by atoms with Gasteiger partial charge in [0, 0.05) is 5.92 Å². The molecule has 33 heavy (non-hydrogen) atoms. The van der Waals surface area contributed by atoms with Gasteiger partial charge in [0.2, 0.25) is 5.91 Å². The SMILES string of the molecule is O=C1C[C@@H](N2CCC(c3nc4ccccc4[nH]3)CC2)C(=O)N1c1ccc(Cl)c(C(F)(F)F)c1. The highest BCUT2D eigenvalue weighted by Crippen LogP contribution is 2.38. The van der Waals surface area contributed by atoms with Gasteiger partial charge in [0.1, 0.15) is 5.82 Å². The first-order chi connectivity index (χ1) is 15.7. The van der Waals surface area contributed by atoms with Gasteiger partial charge >= 0.3 is 6.18 Å². The number of carbonyl (C=O) groups excluding carboxylic acids is 2. The molecule has 0 unspecified atom stereocenters. The van der Waals surface area contributed by atoms with Crippen molar-refractivity contribution in [3.63, 3.8) is 0 Å². The van der Waals surface area contributed by atoms with Crippen LogP contribution in [0.2, 0.25) is 5.02 Å². The lowest BCUT2D eigenvalue weighted by molar-refractivity contribution is -0.137. The van der Waals surface area contributed by atoms with Gasteiger partial charge in [0.15, 0.2) is 0 Å². The molecule has 2 aliphatic rings. The third-order valence-electron chi connectivity index (χ3n) is 6.40. The van der Waals surface area contributed by atoms with Gasteiger partial charge in [0.25, 0.3) is 5.91 Å². The minimum atomic E-state index is -4.68. The van der Waals surface area contributed by atoms with E-state index in [1.54, 1.807) is 0 Å². The quantitative estimate of drug-likeness (QED) is 0.554. The van der Waals surface area contributed by atoms with Gasteiger partial charge in [-0.1, -0.05) is 23.7 Å². The van der Waals surface area contributed by atoms with Gasteiger partial charge in [-0.25, -0.2) is 9.88 Å². The topological polar surface area (TPSA) is 69.3 Å². The first-order valence-electron chi connectivity index (χ1n) is 10.6.